The third kappa shape index (κ3) is 4.21. The van der Waals surface area contributed by atoms with Crippen molar-refractivity contribution in [3.05, 3.63) is 34.4 Å². The molecule has 1 rings (SSSR count). The zero-order valence-corrected chi connectivity index (χ0v) is 12.3. The molecular weight excluding hydrogens is 280 g/mol. The molecule has 0 aliphatic heterocycles. The lowest BCUT2D eigenvalue weighted by Crippen LogP contribution is -2.51. The number of carboxylic acid groups (broad SMARTS) is 1. The van der Waals surface area contributed by atoms with Gasteiger partial charge in [-0.25, -0.2) is 0 Å². The fourth-order valence-electron chi connectivity index (χ4n) is 1.54. The number of nitro groups is 1. The molecule has 0 aromatic heterocycles. The Morgan fingerprint density at radius 3 is 2.70 bits per heavy atom. The molecule has 110 valence electrons. The van der Waals surface area contributed by atoms with Crippen LogP contribution in [0.25, 0.3) is 0 Å². The molecule has 0 spiro atoms. The molecule has 0 fully saturated rings. The summed E-state index contributed by atoms with van der Waals surface area (Å²) in [5, 5.41) is 23.2. The summed E-state index contributed by atoms with van der Waals surface area (Å²) in [6.45, 7) is 4.12. The van der Waals surface area contributed by atoms with E-state index in [0.717, 1.165) is 6.42 Å². The van der Waals surface area contributed by atoms with Gasteiger partial charge in [0.25, 0.3) is 5.69 Å². The Kier molecular flexibility index (Phi) is 5.97. The zero-order chi connectivity index (χ0) is 15.2. The lowest BCUT2D eigenvalue weighted by atomic mass is 10.1. The molecule has 20 heavy (non-hydrogen) atoms. The second-order valence-electron chi connectivity index (χ2n) is 4.58. The lowest BCUT2D eigenvalue weighted by molar-refractivity contribution is -0.387. The van der Waals surface area contributed by atoms with Crippen LogP contribution in [0.15, 0.2) is 29.2 Å². The highest BCUT2D eigenvalue weighted by Gasteiger charge is 2.33. The number of nitrogens with one attached hydrogen (secondary N) is 1. The van der Waals surface area contributed by atoms with Crippen LogP contribution in [0.3, 0.4) is 0 Å². The fourth-order valence-corrected chi connectivity index (χ4v) is 2.68. The molecule has 0 heterocycles. The van der Waals surface area contributed by atoms with Crippen LogP contribution < -0.4 is 5.32 Å². The molecule has 0 amide bonds. The number of carbonyl (C=O) groups is 1. The van der Waals surface area contributed by atoms with Crippen molar-refractivity contribution in [3.63, 3.8) is 0 Å². The minimum absolute atomic E-state index is 0.000676. The van der Waals surface area contributed by atoms with Crippen LogP contribution in [0, 0.1) is 10.1 Å². The molecule has 6 nitrogen and oxygen atoms in total. The molecule has 0 bridgehead atoms. The van der Waals surface area contributed by atoms with Crippen LogP contribution in [0.4, 0.5) is 5.69 Å². The highest BCUT2D eigenvalue weighted by atomic mass is 32.2. The largest absolute Gasteiger partial charge is 0.480 e. The number of hydrogen-bond acceptors (Lipinski definition) is 5. The van der Waals surface area contributed by atoms with E-state index in [-0.39, 0.29) is 11.4 Å². The molecule has 0 aliphatic carbocycles. The predicted octanol–water partition coefficient (Wildman–Crippen LogP) is 2.53. The van der Waals surface area contributed by atoms with Gasteiger partial charge in [0.05, 0.1) is 9.82 Å². The van der Waals surface area contributed by atoms with Crippen LogP contribution >= 0.6 is 11.8 Å². The highest BCUT2D eigenvalue weighted by Crippen LogP contribution is 2.31. The Labute approximate surface area is 121 Å². The Morgan fingerprint density at radius 1 is 1.50 bits per heavy atom. The van der Waals surface area contributed by atoms with Crippen molar-refractivity contribution in [1.29, 1.82) is 0 Å². The molecule has 1 aromatic carbocycles. The smallest absolute Gasteiger partial charge is 0.324 e. The van der Waals surface area contributed by atoms with Crippen molar-refractivity contribution in [3.8, 4) is 0 Å². The molecule has 0 radical (unpaired) electrons. The molecule has 1 aromatic rings. The number of para-hydroxylation sites is 1. The number of aliphatic carboxylic acids is 1. The number of nitrogens with zero attached hydrogens (tertiary/aromatic N) is 1. The highest BCUT2D eigenvalue weighted by molar-refractivity contribution is 7.99. The zero-order valence-electron chi connectivity index (χ0n) is 11.5. The Balaban J connectivity index is 2.83. The summed E-state index contributed by atoms with van der Waals surface area (Å²) in [4.78, 5) is 22.3. The standard InChI is InChI=1S/C13H18N2O4S/c1-3-8-14-13(2,12(16)17)9-20-11-7-5-4-6-10(11)15(18)19/h4-7,14H,3,8-9H2,1-2H3,(H,16,17). The summed E-state index contributed by atoms with van der Waals surface area (Å²) in [6.07, 6.45) is 0.818. The number of hydrogen-bond donors (Lipinski definition) is 2. The van der Waals surface area contributed by atoms with Crippen molar-refractivity contribution in [2.24, 2.45) is 0 Å². The van der Waals surface area contributed by atoms with Gasteiger partial charge in [-0.3, -0.25) is 14.9 Å². The average Bonchev–Trinajstić information content (AvgIpc) is 2.43. The summed E-state index contributed by atoms with van der Waals surface area (Å²) in [7, 11) is 0. The Bertz CT molecular complexity index is 495. The van der Waals surface area contributed by atoms with E-state index < -0.39 is 16.4 Å². The van der Waals surface area contributed by atoms with Crippen molar-refractivity contribution in [2.75, 3.05) is 12.3 Å². The minimum Gasteiger partial charge on any atom is -0.480 e. The van der Waals surface area contributed by atoms with Crippen molar-refractivity contribution in [2.45, 2.75) is 30.7 Å². The van der Waals surface area contributed by atoms with Gasteiger partial charge in [-0.2, -0.15) is 0 Å². The summed E-state index contributed by atoms with van der Waals surface area (Å²) in [5.41, 5.74) is -1.11. The van der Waals surface area contributed by atoms with E-state index in [4.69, 9.17) is 0 Å². The van der Waals surface area contributed by atoms with Gasteiger partial charge in [0.1, 0.15) is 5.54 Å². The molecule has 1 unspecified atom stereocenters. The van der Waals surface area contributed by atoms with Crippen LogP contribution in [0.1, 0.15) is 20.3 Å². The Hall–Kier alpha value is -1.60. The van der Waals surface area contributed by atoms with E-state index in [9.17, 15) is 20.0 Å². The average molecular weight is 298 g/mol. The quantitative estimate of drug-likeness (QED) is 0.435. The molecular formula is C13H18N2O4S. The summed E-state index contributed by atoms with van der Waals surface area (Å²) in [5.74, 6) is -0.746. The first-order valence-electron chi connectivity index (χ1n) is 6.25. The first-order chi connectivity index (χ1) is 9.40. The predicted molar refractivity (Wildman–Crippen MR) is 78.2 cm³/mol. The second kappa shape index (κ2) is 7.25. The number of thioether (sulfide) groups is 1. The fraction of sp³-hybridized carbons (Fsp3) is 0.462. The first kappa shape index (κ1) is 16.5. The van der Waals surface area contributed by atoms with Crippen LogP contribution in [-0.4, -0.2) is 33.8 Å². The van der Waals surface area contributed by atoms with Gasteiger partial charge in [-0.1, -0.05) is 19.1 Å². The number of carboxylic acids is 1. The van der Waals surface area contributed by atoms with E-state index in [0.29, 0.717) is 11.4 Å². The summed E-state index contributed by atoms with van der Waals surface area (Å²) >= 11 is 1.18. The third-order valence-corrected chi connectivity index (χ3v) is 4.19. The topological polar surface area (TPSA) is 92.5 Å². The number of rotatable bonds is 8. The van der Waals surface area contributed by atoms with Crippen LogP contribution in [-0.2, 0) is 4.79 Å². The molecule has 1 atom stereocenters. The molecule has 0 saturated heterocycles. The van der Waals surface area contributed by atoms with E-state index in [2.05, 4.69) is 5.32 Å². The van der Waals surface area contributed by atoms with Gasteiger partial charge in [0.15, 0.2) is 0 Å². The molecule has 7 heteroatoms. The molecule has 0 saturated carbocycles. The van der Waals surface area contributed by atoms with E-state index in [1.165, 1.54) is 17.8 Å². The van der Waals surface area contributed by atoms with Gasteiger partial charge < -0.3 is 10.4 Å². The van der Waals surface area contributed by atoms with E-state index in [1.807, 2.05) is 6.92 Å². The van der Waals surface area contributed by atoms with Gasteiger partial charge in [-0.15, -0.1) is 11.8 Å². The van der Waals surface area contributed by atoms with E-state index in [1.54, 1.807) is 25.1 Å². The van der Waals surface area contributed by atoms with Gasteiger partial charge in [-0.05, 0) is 26.0 Å². The van der Waals surface area contributed by atoms with Crippen molar-refractivity contribution in [1.82, 2.24) is 5.32 Å². The van der Waals surface area contributed by atoms with Gasteiger partial charge in [0, 0.05) is 11.8 Å². The maximum absolute atomic E-state index is 11.4. The SMILES string of the molecule is CCCNC(C)(CSc1ccccc1[N+](=O)[O-])C(=O)O. The third-order valence-electron chi connectivity index (χ3n) is 2.82. The Morgan fingerprint density at radius 2 is 2.15 bits per heavy atom. The van der Waals surface area contributed by atoms with Crippen molar-refractivity contribution >= 4 is 23.4 Å². The summed E-state index contributed by atoms with van der Waals surface area (Å²) < 4.78 is 0. The lowest BCUT2D eigenvalue weighted by Gasteiger charge is -2.25. The number of nitro benzene ring substituents is 1. The van der Waals surface area contributed by atoms with Crippen molar-refractivity contribution < 1.29 is 14.8 Å². The maximum Gasteiger partial charge on any atom is 0.324 e. The van der Waals surface area contributed by atoms with E-state index >= 15 is 0 Å². The first-order valence-corrected chi connectivity index (χ1v) is 7.24. The minimum atomic E-state index is -1.11. The monoisotopic (exact) mass is 298 g/mol. The van der Waals surface area contributed by atoms with Gasteiger partial charge >= 0.3 is 5.97 Å². The van der Waals surface area contributed by atoms with Gasteiger partial charge in [0.2, 0.25) is 0 Å². The second-order valence-corrected chi connectivity index (χ2v) is 5.59. The normalized spacial score (nSPS) is 13.7. The number of benzene rings is 1. The van der Waals surface area contributed by atoms with Crippen LogP contribution in [0.2, 0.25) is 0 Å². The molecule has 0 aliphatic rings. The maximum atomic E-state index is 11.4. The summed E-state index contributed by atoms with van der Waals surface area (Å²) in [6, 6.07) is 6.34. The van der Waals surface area contributed by atoms with Crippen LogP contribution in [0.5, 0.6) is 0 Å². The molecule has 2 N–H and O–H groups in total.